The van der Waals surface area contributed by atoms with Gasteiger partial charge in [0.25, 0.3) is 0 Å². The Bertz CT molecular complexity index is 508. The van der Waals surface area contributed by atoms with Crippen LogP contribution in [0.15, 0.2) is 24.3 Å². The van der Waals surface area contributed by atoms with E-state index < -0.39 is 30.7 Å². The Balaban J connectivity index is 2.04. The van der Waals surface area contributed by atoms with Gasteiger partial charge in [-0.05, 0) is 12.1 Å². The van der Waals surface area contributed by atoms with Crippen LogP contribution in [0.25, 0.3) is 0 Å². The van der Waals surface area contributed by atoms with E-state index in [1.807, 2.05) is 0 Å². The fourth-order valence-electron chi connectivity index (χ4n) is 1.92. The Morgan fingerprint density at radius 1 is 1.38 bits per heavy atom. The molecule has 0 bridgehead atoms. The second-order valence-corrected chi connectivity index (χ2v) is 4.70. The molecule has 2 rings (SSSR count). The van der Waals surface area contributed by atoms with E-state index in [0.717, 1.165) is 0 Å². The molecule has 0 aromatic heterocycles. The van der Waals surface area contributed by atoms with E-state index in [2.05, 4.69) is 10.1 Å². The molecule has 3 N–H and O–H groups in total. The van der Waals surface area contributed by atoms with Crippen molar-refractivity contribution in [1.29, 1.82) is 0 Å². The van der Waals surface area contributed by atoms with Gasteiger partial charge in [-0.2, -0.15) is 13.2 Å². The summed E-state index contributed by atoms with van der Waals surface area (Å²) in [5, 5.41) is 2.53. The third-order valence-electron chi connectivity index (χ3n) is 3.00. The number of hydrogen-bond acceptors (Lipinski definition) is 4. The van der Waals surface area contributed by atoms with E-state index in [-0.39, 0.29) is 24.7 Å². The first-order valence-corrected chi connectivity index (χ1v) is 6.29. The number of para-hydroxylation sites is 2. The average Bonchev–Trinajstić information content (AvgIpc) is 2.83. The van der Waals surface area contributed by atoms with E-state index in [1.54, 1.807) is 6.07 Å². The zero-order valence-electron chi connectivity index (χ0n) is 11.0. The van der Waals surface area contributed by atoms with Crippen LogP contribution in [0.1, 0.15) is 0 Å². The molecular weight excluding hydrogens is 289 g/mol. The number of ether oxygens (including phenoxy) is 2. The Morgan fingerprint density at radius 2 is 2.10 bits per heavy atom. The van der Waals surface area contributed by atoms with Gasteiger partial charge >= 0.3 is 6.18 Å². The van der Waals surface area contributed by atoms with Gasteiger partial charge in [0.1, 0.15) is 5.75 Å². The highest BCUT2D eigenvalue weighted by atomic mass is 19.4. The molecule has 1 heterocycles. The summed E-state index contributed by atoms with van der Waals surface area (Å²) in [5.74, 6) is -0.973. The molecule has 21 heavy (non-hydrogen) atoms. The zero-order chi connectivity index (χ0) is 15.5. The van der Waals surface area contributed by atoms with Crippen molar-refractivity contribution in [1.82, 2.24) is 0 Å². The standard InChI is InChI=1S/C13H15F3N2O3/c14-13(15,16)7-21-11-4-2-1-3-10(11)18-12(19)8-5-20-6-9(8)17/h1-4,8-9H,5-7,17H2,(H,18,19). The summed E-state index contributed by atoms with van der Waals surface area (Å²) in [4.78, 5) is 12.0. The summed E-state index contributed by atoms with van der Waals surface area (Å²) in [5.41, 5.74) is 5.89. The second-order valence-electron chi connectivity index (χ2n) is 4.70. The number of carbonyl (C=O) groups excluding carboxylic acids is 1. The number of alkyl halides is 3. The Morgan fingerprint density at radius 3 is 2.71 bits per heavy atom. The van der Waals surface area contributed by atoms with Crippen molar-refractivity contribution in [3.8, 4) is 5.75 Å². The van der Waals surface area contributed by atoms with Crippen LogP contribution in [-0.2, 0) is 9.53 Å². The number of hydrogen-bond donors (Lipinski definition) is 2. The minimum Gasteiger partial charge on any atom is -0.482 e. The lowest BCUT2D eigenvalue weighted by Crippen LogP contribution is -2.37. The predicted octanol–water partition coefficient (Wildman–Crippen LogP) is 1.54. The molecule has 1 aromatic rings. The molecule has 1 aliphatic heterocycles. The molecule has 1 aromatic carbocycles. The van der Waals surface area contributed by atoms with Gasteiger partial charge in [-0.15, -0.1) is 0 Å². The summed E-state index contributed by atoms with van der Waals surface area (Å²) in [6.07, 6.45) is -4.45. The van der Waals surface area contributed by atoms with Crippen LogP contribution < -0.4 is 15.8 Å². The molecule has 0 aliphatic carbocycles. The minimum atomic E-state index is -4.45. The van der Waals surface area contributed by atoms with Crippen LogP contribution in [0, 0.1) is 5.92 Å². The van der Waals surface area contributed by atoms with Crippen molar-refractivity contribution >= 4 is 11.6 Å². The van der Waals surface area contributed by atoms with E-state index in [4.69, 9.17) is 10.5 Å². The normalized spacial score (nSPS) is 22.1. The van der Waals surface area contributed by atoms with Crippen molar-refractivity contribution < 1.29 is 27.4 Å². The third kappa shape index (κ3) is 4.33. The van der Waals surface area contributed by atoms with E-state index in [9.17, 15) is 18.0 Å². The zero-order valence-corrected chi connectivity index (χ0v) is 11.0. The number of nitrogens with one attached hydrogen (secondary N) is 1. The first-order valence-electron chi connectivity index (χ1n) is 6.29. The molecule has 5 nitrogen and oxygen atoms in total. The SMILES string of the molecule is NC1COCC1C(=O)Nc1ccccc1OCC(F)(F)F. The number of halogens is 3. The molecule has 2 unspecified atom stereocenters. The maximum atomic E-state index is 12.2. The topological polar surface area (TPSA) is 73.6 Å². The lowest BCUT2D eigenvalue weighted by Gasteiger charge is -2.16. The molecule has 1 aliphatic rings. The number of anilines is 1. The van der Waals surface area contributed by atoms with E-state index >= 15 is 0 Å². The maximum Gasteiger partial charge on any atom is 0.422 e. The second kappa shape index (κ2) is 6.31. The van der Waals surface area contributed by atoms with Crippen LogP contribution in [-0.4, -0.2) is 37.9 Å². The summed E-state index contributed by atoms with van der Waals surface area (Å²) in [6.45, 7) is -0.950. The number of carbonyl (C=O) groups is 1. The first-order chi connectivity index (χ1) is 9.87. The fraction of sp³-hybridized carbons (Fsp3) is 0.462. The largest absolute Gasteiger partial charge is 0.482 e. The van der Waals surface area contributed by atoms with E-state index in [0.29, 0.717) is 0 Å². The molecule has 116 valence electrons. The number of benzene rings is 1. The summed E-state index contributed by atoms with van der Waals surface area (Å²) in [7, 11) is 0. The Labute approximate surface area is 119 Å². The maximum absolute atomic E-state index is 12.2. The highest BCUT2D eigenvalue weighted by molar-refractivity contribution is 5.94. The van der Waals surface area contributed by atoms with Gasteiger partial charge < -0.3 is 20.5 Å². The van der Waals surface area contributed by atoms with Crippen molar-refractivity contribution in [2.75, 3.05) is 25.1 Å². The van der Waals surface area contributed by atoms with Crippen LogP contribution in [0.2, 0.25) is 0 Å². The molecule has 1 fully saturated rings. The molecule has 2 atom stereocenters. The van der Waals surface area contributed by atoms with Gasteiger partial charge in [0.05, 0.1) is 24.8 Å². The number of rotatable bonds is 4. The molecule has 8 heteroatoms. The van der Waals surface area contributed by atoms with Crippen LogP contribution in [0.3, 0.4) is 0 Å². The first kappa shape index (κ1) is 15.6. The minimum absolute atomic E-state index is 0.0457. The molecule has 0 saturated carbocycles. The predicted molar refractivity (Wildman–Crippen MR) is 68.9 cm³/mol. The Kier molecular flexibility index (Phi) is 4.69. The number of amides is 1. The summed E-state index contributed by atoms with van der Waals surface area (Å²) < 4.78 is 46.3. The Hall–Kier alpha value is -1.80. The van der Waals surface area contributed by atoms with Crippen LogP contribution in [0.4, 0.5) is 18.9 Å². The highest BCUT2D eigenvalue weighted by Gasteiger charge is 2.32. The molecular formula is C13H15F3N2O3. The molecule has 1 amide bonds. The third-order valence-corrected chi connectivity index (χ3v) is 3.00. The summed E-state index contributed by atoms with van der Waals surface area (Å²) in [6, 6.07) is 5.50. The molecule has 0 radical (unpaired) electrons. The lowest BCUT2D eigenvalue weighted by molar-refractivity contribution is -0.153. The molecule has 0 spiro atoms. The van der Waals surface area contributed by atoms with Crippen molar-refractivity contribution in [3.05, 3.63) is 24.3 Å². The van der Waals surface area contributed by atoms with E-state index in [1.165, 1.54) is 18.2 Å². The average molecular weight is 304 g/mol. The summed E-state index contributed by atoms with van der Waals surface area (Å²) >= 11 is 0. The van der Waals surface area contributed by atoms with Crippen molar-refractivity contribution in [2.45, 2.75) is 12.2 Å². The highest BCUT2D eigenvalue weighted by Crippen LogP contribution is 2.27. The molecule has 1 saturated heterocycles. The number of nitrogens with two attached hydrogens (primary N) is 1. The van der Waals surface area contributed by atoms with Gasteiger partial charge in [-0.1, -0.05) is 12.1 Å². The monoisotopic (exact) mass is 304 g/mol. The smallest absolute Gasteiger partial charge is 0.422 e. The lowest BCUT2D eigenvalue weighted by atomic mass is 10.0. The van der Waals surface area contributed by atoms with Gasteiger partial charge in [-0.25, -0.2) is 0 Å². The van der Waals surface area contributed by atoms with Gasteiger partial charge in [0.15, 0.2) is 6.61 Å². The van der Waals surface area contributed by atoms with Crippen LogP contribution in [0.5, 0.6) is 5.75 Å². The van der Waals surface area contributed by atoms with Gasteiger partial charge in [0.2, 0.25) is 5.91 Å². The van der Waals surface area contributed by atoms with Crippen LogP contribution >= 0.6 is 0 Å². The van der Waals surface area contributed by atoms with Gasteiger partial charge in [0, 0.05) is 6.04 Å². The quantitative estimate of drug-likeness (QED) is 0.885. The van der Waals surface area contributed by atoms with Gasteiger partial charge in [-0.3, -0.25) is 4.79 Å². The van der Waals surface area contributed by atoms with Crippen molar-refractivity contribution in [3.63, 3.8) is 0 Å². The fourth-order valence-corrected chi connectivity index (χ4v) is 1.92. The van der Waals surface area contributed by atoms with Crippen molar-refractivity contribution in [2.24, 2.45) is 11.7 Å².